The normalized spacial score (nSPS) is 16.4. The molecule has 0 heterocycles. The average Bonchev–Trinajstić information content (AvgIpc) is 2.35. The third-order valence-corrected chi connectivity index (χ3v) is 3.16. The van der Waals surface area contributed by atoms with Crippen molar-refractivity contribution >= 4 is 0 Å². The third-order valence-electron chi connectivity index (χ3n) is 3.16. The summed E-state index contributed by atoms with van der Waals surface area (Å²) in [5, 5.41) is 10.0. The molecule has 0 aliphatic rings. The van der Waals surface area contributed by atoms with Crippen LogP contribution in [-0.2, 0) is 0 Å². The van der Waals surface area contributed by atoms with Crippen molar-refractivity contribution in [3.05, 3.63) is 29.6 Å². The highest BCUT2D eigenvalue weighted by Crippen LogP contribution is 2.31. The number of ether oxygens (including phenoxy) is 1. The molecule has 0 aromatic heterocycles. The maximum Gasteiger partial charge on any atom is 0.131 e. The summed E-state index contributed by atoms with van der Waals surface area (Å²) in [6, 6.07) is 3.74. The summed E-state index contributed by atoms with van der Waals surface area (Å²) in [5.74, 6) is -0.0617. The fourth-order valence-corrected chi connectivity index (χ4v) is 1.78. The molecule has 4 heteroatoms. The van der Waals surface area contributed by atoms with E-state index in [9.17, 15) is 9.50 Å². The van der Waals surface area contributed by atoms with E-state index in [0.29, 0.717) is 5.75 Å². The van der Waals surface area contributed by atoms with E-state index in [4.69, 9.17) is 10.5 Å². The van der Waals surface area contributed by atoms with Crippen LogP contribution < -0.4 is 10.5 Å². The molecule has 3 atom stereocenters. The standard InChI is InChI=1S/C13H20FNO2/c1-4-8(2)13(16)12(15)11-9(14)6-5-7-10(11)17-3/h5-8,12-13,16H,4,15H2,1-3H3/t8?,12-,13+/m0/s1. The molecule has 3 nitrogen and oxygen atoms in total. The van der Waals surface area contributed by atoms with Crippen LogP contribution in [0.1, 0.15) is 31.9 Å². The first-order chi connectivity index (χ1) is 8.02. The topological polar surface area (TPSA) is 55.5 Å². The van der Waals surface area contributed by atoms with Crippen molar-refractivity contribution in [1.29, 1.82) is 0 Å². The largest absolute Gasteiger partial charge is 0.496 e. The number of halogens is 1. The van der Waals surface area contributed by atoms with E-state index in [1.807, 2.05) is 13.8 Å². The second kappa shape index (κ2) is 5.98. The average molecular weight is 241 g/mol. The van der Waals surface area contributed by atoms with Crippen LogP contribution in [0.15, 0.2) is 18.2 Å². The van der Waals surface area contributed by atoms with Crippen molar-refractivity contribution in [2.75, 3.05) is 7.11 Å². The van der Waals surface area contributed by atoms with Crippen LogP contribution in [0.4, 0.5) is 4.39 Å². The van der Waals surface area contributed by atoms with E-state index in [-0.39, 0.29) is 11.5 Å². The van der Waals surface area contributed by atoms with Gasteiger partial charge >= 0.3 is 0 Å². The SMILES string of the molecule is CCC(C)[C@@H](O)[C@@H](N)c1c(F)cccc1OC. The summed E-state index contributed by atoms with van der Waals surface area (Å²) in [6.07, 6.45) is -0.00293. The molecule has 0 fully saturated rings. The number of hydrogen-bond donors (Lipinski definition) is 2. The number of hydrogen-bond acceptors (Lipinski definition) is 3. The molecule has 3 N–H and O–H groups in total. The minimum absolute atomic E-state index is 0.00862. The zero-order valence-corrected chi connectivity index (χ0v) is 10.5. The van der Waals surface area contributed by atoms with Crippen LogP contribution >= 0.6 is 0 Å². The summed E-state index contributed by atoms with van der Waals surface area (Å²) >= 11 is 0. The Kier molecular flexibility index (Phi) is 4.90. The van der Waals surface area contributed by atoms with Gasteiger partial charge in [0.15, 0.2) is 0 Å². The van der Waals surface area contributed by atoms with E-state index in [2.05, 4.69) is 0 Å². The van der Waals surface area contributed by atoms with Gasteiger partial charge in [-0.3, -0.25) is 0 Å². The summed E-state index contributed by atoms with van der Waals surface area (Å²) in [4.78, 5) is 0. The maximum absolute atomic E-state index is 13.7. The zero-order chi connectivity index (χ0) is 13.0. The molecule has 1 unspecified atom stereocenters. The Morgan fingerprint density at radius 3 is 2.65 bits per heavy atom. The highest BCUT2D eigenvalue weighted by Gasteiger charge is 2.26. The van der Waals surface area contributed by atoms with Gasteiger partial charge in [-0.25, -0.2) is 4.39 Å². The second-order valence-corrected chi connectivity index (χ2v) is 4.26. The van der Waals surface area contributed by atoms with E-state index < -0.39 is 18.0 Å². The Morgan fingerprint density at radius 1 is 1.47 bits per heavy atom. The minimum Gasteiger partial charge on any atom is -0.496 e. The molecule has 1 aromatic rings. The molecular weight excluding hydrogens is 221 g/mol. The van der Waals surface area contributed by atoms with Crippen molar-refractivity contribution < 1.29 is 14.2 Å². The van der Waals surface area contributed by atoms with Crippen molar-refractivity contribution in [1.82, 2.24) is 0 Å². The maximum atomic E-state index is 13.7. The number of methoxy groups -OCH3 is 1. The Labute approximate surface area is 101 Å². The van der Waals surface area contributed by atoms with E-state index in [0.717, 1.165) is 6.42 Å². The van der Waals surface area contributed by atoms with Gasteiger partial charge in [-0.05, 0) is 18.1 Å². The van der Waals surface area contributed by atoms with Crippen LogP contribution in [0, 0.1) is 11.7 Å². The molecular formula is C13H20FNO2. The summed E-state index contributed by atoms with van der Waals surface area (Å²) in [5.41, 5.74) is 6.16. The lowest BCUT2D eigenvalue weighted by molar-refractivity contribution is 0.0857. The van der Waals surface area contributed by atoms with Gasteiger partial charge in [-0.1, -0.05) is 26.3 Å². The van der Waals surface area contributed by atoms with Gasteiger partial charge in [0.25, 0.3) is 0 Å². The predicted octanol–water partition coefficient (Wildman–Crippen LogP) is 2.24. The summed E-state index contributed by atoms with van der Waals surface area (Å²) in [6.45, 7) is 3.84. The van der Waals surface area contributed by atoms with Crippen LogP contribution in [0.5, 0.6) is 5.75 Å². The number of benzene rings is 1. The molecule has 0 saturated heterocycles. The lowest BCUT2D eigenvalue weighted by Crippen LogP contribution is -2.32. The highest BCUT2D eigenvalue weighted by atomic mass is 19.1. The zero-order valence-electron chi connectivity index (χ0n) is 10.5. The summed E-state index contributed by atoms with van der Waals surface area (Å²) < 4.78 is 18.8. The smallest absolute Gasteiger partial charge is 0.131 e. The molecule has 1 rings (SSSR count). The van der Waals surface area contributed by atoms with Crippen molar-refractivity contribution in [2.45, 2.75) is 32.4 Å². The third kappa shape index (κ3) is 2.96. The number of aliphatic hydroxyl groups excluding tert-OH is 1. The van der Waals surface area contributed by atoms with Crippen LogP contribution in [0.2, 0.25) is 0 Å². The lowest BCUT2D eigenvalue weighted by Gasteiger charge is -2.25. The van der Waals surface area contributed by atoms with Crippen molar-refractivity contribution in [3.63, 3.8) is 0 Å². The molecule has 96 valence electrons. The van der Waals surface area contributed by atoms with Gasteiger partial charge in [0.2, 0.25) is 0 Å². The first-order valence-corrected chi connectivity index (χ1v) is 5.78. The van der Waals surface area contributed by atoms with Gasteiger partial charge in [-0.2, -0.15) is 0 Å². The monoisotopic (exact) mass is 241 g/mol. The molecule has 0 aliphatic carbocycles. The van der Waals surface area contributed by atoms with Gasteiger partial charge < -0.3 is 15.6 Å². The molecule has 0 bridgehead atoms. The minimum atomic E-state index is -0.786. The Morgan fingerprint density at radius 2 is 2.12 bits per heavy atom. The molecule has 0 spiro atoms. The number of nitrogens with two attached hydrogens (primary N) is 1. The van der Waals surface area contributed by atoms with Gasteiger partial charge in [-0.15, -0.1) is 0 Å². The van der Waals surface area contributed by atoms with Crippen LogP contribution in [-0.4, -0.2) is 18.3 Å². The van der Waals surface area contributed by atoms with E-state index in [1.165, 1.54) is 13.2 Å². The number of rotatable bonds is 5. The van der Waals surface area contributed by atoms with Crippen LogP contribution in [0.3, 0.4) is 0 Å². The number of aliphatic hydroxyl groups is 1. The quantitative estimate of drug-likeness (QED) is 0.831. The molecule has 17 heavy (non-hydrogen) atoms. The van der Waals surface area contributed by atoms with Gasteiger partial charge in [0, 0.05) is 5.56 Å². The molecule has 0 aliphatic heterocycles. The van der Waals surface area contributed by atoms with Crippen molar-refractivity contribution in [2.24, 2.45) is 11.7 Å². The molecule has 0 saturated carbocycles. The summed E-state index contributed by atoms with van der Waals surface area (Å²) in [7, 11) is 1.46. The molecule has 0 radical (unpaired) electrons. The first kappa shape index (κ1) is 13.9. The van der Waals surface area contributed by atoms with Crippen molar-refractivity contribution in [3.8, 4) is 5.75 Å². The fraction of sp³-hybridized carbons (Fsp3) is 0.538. The molecule has 1 aromatic carbocycles. The van der Waals surface area contributed by atoms with Gasteiger partial charge in [0.05, 0.1) is 19.3 Å². The second-order valence-electron chi connectivity index (χ2n) is 4.26. The Hall–Kier alpha value is -1.13. The molecule has 0 amide bonds. The van der Waals surface area contributed by atoms with E-state index in [1.54, 1.807) is 12.1 Å². The van der Waals surface area contributed by atoms with Gasteiger partial charge in [0.1, 0.15) is 11.6 Å². The predicted molar refractivity (Wildman–Crippen MR) is 65.3 cm³/mol. The lowest BCUT2D eigenvalue weighted by atomic mass is 9.91. The fourth-order valence-electron chi connectivity index (χ4n) is 1.78. The highest BCUT2D eigenvalue weighted by molar-refractivity contribution is 5.37. The Bertz CT molecular complexity index is 370. The Balaban J connectivity index is 3.06. The van der Waals surface area contributed by atoms with E-state index >= 15 is 0 Å². The first-order valence-electron chi connectivity index (χ1n) is 5.78. The van der Waals surface area contributed by atoms with Crippen LogP contribution in [0.25, 0.3) is 0 Å².